The van der Waals surface area contributed by atoms with Crippen LogP contribution in [0.3, 0.4) is 0 Å². The van der Waals surface area contributed by atoms with Crippen LogP contribution in [0.1, 0.15) is 56.5 Å². The lowest BCUT2D eigenvalue weighted by molar-refractivity contribution is -0.108. The number of halogens is 1. The van der Waals surface area contributed by atoms with Gasteiger partial charge in [0.2, 0.25) is 0 Å². The maximum atomic E-state index is 14.5. The molecule has 50 heavy (non-hydrogen) atoms. The van der Waals surface area contributed by atoms with Crippen molar-refractivity contribution in [2.24, 2.45) is 28.2 Å². The van der Waals surface area contributed by atoms with Crippen LogP contribution in [0, 0.1) is 29.0 Å². The van der Waals surface area contributed by atoms with Crippen molar-refractivity contribution in [3.05, 3.63) is 94.3 Å². The van der Waals surface area contributed by atoms with Crippen molar-refractivity contribution in [1.29, 1.82) is 0 Å². The molecule has 4 atom stereocenters. The number of aromatic nitrogens is 2. The highest BCUT2D eigenvalue weighted by Crippen LogP contribution is 2.61. The van der Waals surface area contributed by atoms with Crippen LogP contribution in [-0.2, 0) is 13.0 Å². The summed E-state index contributed by atoms with van der Waals surface area (Å²) in [5.74, 6) is 2.91. The largest absolute Gasteiger partial charge is 0.497 e. The summed E-state index contributed by atoms with van der Waals surface area (Å²) in [4.78, 5) is 40.0. The van der Waals surface area contributed by atoms with Crippen molar-refractivity contribution in [2.45, 2.75) is 59.5 Å². The molecule has 2 heterocycles. The molecule has 4 unspecified atom stereocenters. The summed E-state index contributed by atoms with van der Waals surface area (Å²) in [6.07, 6.45) is 4.30. The highest BCUT2D eigenvalue weighted by molar-refractivity contribution is 5.96. The van der Waals surface area contributed by atoms with Crippen molar-refractivity contribution >= 4 is 34.0 Å². The number of ketones is 1. The Hall–Kier alpha value is -4.73. The van der Waals surface area contributed by atoms with Crippen LogP contribution in [0.5, 0.6) is 5.75 Å². The summed E-state index contributed by atoms with van der Waals surface area (Å²) in [7, 11) is 1.50. The van der Waals surface area contributed by atoms with Gasteiger partial charge >= 0.3 is 0 Å². The lowest BCUT2D eigenvalue weighted by atomic mass is 9.45. The van der Waals surface area contributed by atoms with Gasteiger partial charge < -0.3 is 19.9 Å². The third-order valence-corrected chi connectivity index (χ3v) is 11.8. The first kappa shape index (κ1) is 33.8. The summed E-state index contributed by atoms with van der Waals surface area (Å²) in [6, 6.07) is 18.5. The Morgan fingerprint density at radius 1 is 1.04 bits per heavy atom. The first-order valence-electron chi connectivity index (χ1n) is 17.8. The molecule has 0 amide bonds. The predicted molar refractivity (Wildman–Crippen MR) is 197 cm³/mol. The number of aryl methyl sites for hydroxylation is 2. The van der Waals surface area contributed by atoms with Gasteiger partial charge in [0.25, 0.3) is 5.56 Å². The molecule has 0 radical (unpaired) electrons. The van der Waals surface area contributed by atoms with E-state index in [1.807, 2.05) is 42.5 Å². The van der Waals surface area contributed by atoms with E-state index in [2.05, 4.69) is 40.9 Å². The lowest BCUT2D eigenvalue weighted by Crippen LogP contribution is -2.57. The van der Waals surface area contributed by atoms with Crippen LogP contribution in [0.2, 0.25) is 0 Å². The molecule has 2 bridgehead atoms. The molecule has 3 aromatic carbocycles. The molecule has 3 aliphatic carbocycles. The maximum absolute atomic E-state index is 14.5. The fraction of sp³-hybridized carbons (Fsp3) is 0.450. The van der Waals surface area contributed by atoms with E-state index in [1.54, 1.807) is 25.4 Å². The molecule has 1 aromatic heterocycles. The molecule has 3 saturated carbocycles. The number of benzene rings is 3. The van der Waals surface area contributed by atoms with E-state index >= 15 is 0 Å². The number of anilines is 2. The molecular formula is C40H47FN6O3. The fourth-order valence-corrected chi connectivity index (χ4v) is 8.35. The van der Waals surface area contributed by atoms with Gasteiger partial charge in [-0.25, -0.2) is 14.4 Å². The number of piperazine rings is 1. The lowest BCUT2D eigenvalue weighted by Gasteiger charge is -2.61. The minimum atomic E-state index is -0.354. The van der Waals surface area contributed by atoms with Gasteiger partial charge in [0.15, 0.2) is 11.7 Å². The first-order valence-corrected chi connectivity index (χ1v) is 17.8. The van der Waals surface area contributed by atoms with E-state index < -0.39 is 0 Å². The standard InChI is InChI=1S/C40H47FN6O3/c1-25-34-20-29(40(34,3)4)21-36(25)44-39(46-18-16-45(17-19-46)31-10-6-27(7-11-31)26(2)48)43-30-9-13-33-37(22-30)42-24-47(38(33)49)15-14-28-8-12-32(50-5)23-35(28)41/h6-13,22-25,29,34,36H,14-21H2,1-5H3,(H,43,44). The summed E-state index contributed by atoms with van der Waals surface area (Å²) < 4.78 is 21.2. The number of methoxy groups -OCH3 is 1. The third kappa shape index (κ3) is 6.48. The number of hydrogen-bond donors (Lipinski definition) is 1. The molecule has 8 rings (SSSR count). The number of Topliss-reactive ketones (excluding diaryl/α,β-unsaturated/α-hetero) is 1. The van der Waals surface area contributed by atoms with E-state index in [1.165, 1.54) is 24.2 Å². The number of rotatable bonds is 8. The molecule has 4 aromatic rings. The molecule has 262 valence electrons. The maximum Gasteiger partial charge on any atom is 0.261 e. The van der Waals surface area contributed by atoms with Crippen molar-refractivity contribution in [3.8, 4) is 5.75 Å². The molecule has 4 aliphatic rings. The number of ether oxygens (including phenoxy) is 1. The zero-order valence-electron chi connectivity index (χ0n) is 29.7. The SMILES string of the molecule is COc1ccc(CCn2cnc3cc(NC(=NC4CC5CC(C4C)C5(C)C)N4CCN(c5ccc(C(C)=O)cc5)CC4)ccc3c2=O)c(F)c1. The number of hydrogen-bond acceptors (Lipinski definition) is 6. The average Bonchev–Trinajstić information content (AvgIpc) is 3.12. The molecular weight excluding hydrogens is 631 g/mol. The molecule has 9 nitrogen and oxygen atoms in total. The topological polar surface area (TPSA) is 92.1 Å². The van der Waals surface area contributed by atoms with Gasteiger partial charge in [-0.2, -0.15) is 0 Å². The number of aliphatic imine (C=N–C) groups is 1. The molecule has 1 aliphatic heterocycles. The van der Waals surface area contributed by atoms with Crippen molar-refractivity contribution in [2.75, 3.05) is 43.5 Å². The van der Waals surface area contributed by atoms with Crippen LogP contribution in [0.4, 0.5) is 15.8 Å². The zero-order chi connectivity index (χ0) is 35.2. The van der Waals surface area contributed by atoms with E-state index in [0.29, 0.717) is 58.4 Å². The number of nitrogens with one attached hydrogen (secondary N) is 1. The van der Waals surface area contributed by atoms with Gasteiger partial charge in [-0.05, 0) is 103 Å². The summed E-state index contributed by atoms with van der Waals surface area (Å²) in [5.41, 5.74) is 4.00. The van der Waals surface area contributed by atoms with E-state index in [0.717, 1.165) is 55.5 Å². The normalized spacial score (nSPS) is 23.0. The Balaban J connectivity index is 1.10. The summed E-state index contributed by atoms with van der Waals surface area (Å²) in [5, 5.41) is 4.16. The molecule has 4 fully saturated rings. The van der Waals surface area contributed by atoms with Crippen molar-refractivity contribution in [1.82, 2.24) is 14.5 Å². The fourth-order valence-electron chi connectivity index (χ4n) is 8.35. The quantitative estimate of drug-likeness (QED) is 0.127. The van der Waals surface area contributed by atoms with Crippen LogP contribution in [0.15, 0.2) is 76.8 Å². The Labute approximate surface area is 293 Å². The molecule has 10 heteroatoms. The molecule has 0 spiro atoms. The monoisotopic (exact) mass is 678 g/mol. The third-order valence-electron chi connectivity index (χ3n) is 11.8. The second-order valence-corrected chi connectivity index (χ2v) is 14.9. The van der Waals surface area contributed by atoms with E-state index in [-0.39, 0.29) is 23.2 Å². The summed E-state index contributed by atoms with van der Waals surface area (Å²) >= 11 is 0. The Bertz CT molecular complexity index is 1980. The van der Waals surface area contributed by atoms with Crippen LogP contribution >= 0.6 is 0 Å². The van der Waals surface area contributed by atoms with Gasteiger partial charge in [-0.15, -0.1) is 0 Å². The zero-order valence-corrected chi connectivity index (χ0v) is 29.7. The van der Waals surface area contributed by atoms with Crippen LogP contribution in [-0.4, -0.2) is 65.5 Å². The van der Waals surface area contributed by atoms with Gasteiger partial charge in [0.05, 0.1) is 30.4 Å². The number of nitrogens with zero attached hydrogens (tertiary/aromatic N) is 5. The highest BCUT2D eigenvalue weighted by Gasteiger charge is 2.56. The second-order valence-electron chi connectivity index (χ2n) is 14.9. The van der Waals surface area contributed by atoms with Gasteiger partial charge in [-0.1, -0.05) is 26.8 Å². The second kappa shape index (κ2) is 13.5. The van der Waals surface area contributed by atoms with Gasteiger partial charge in [0, 0.05) is 55.7 Å². The van der Waals surface area contributed by atoms with Gasteiger partial charge in [-0.3, -0.25) is 14.2 Å². The van der Waals surface area contributed by atoms with Gasteiger partial charge in [0.1, 0.15) is 11.6 Å². The summed E-state index contributed by atoms with van der Waals surface area (Å²) in [6.45, 7) is 12.4. The van der Waals surface area contributed by atoms with Crippen LogP contribution < -0.4 is 20.5 Å². The van der Waals surface area contributed by atoms with Crippen molar-refractivity contribution < 1.29 is 13.9 Å². The number of carbonyl (C=O) groups excluding carboxylic acids is 1. The minimum absolute atomic E-state index is 0.0715. The van der Waals surface area contributed by atoms with E-state index in [9.17, 15) is 14.0 Å². The highest BCUT2D eigenvalue weighted by atomic mass is 19.1. The number of fused-ring (bicyclic) bond motifs is 3. The van der Waals surface area contributed by atoms with Crippen molar-refractivity contribution in [3.63, 3.8) is 0 Å². The minimum Gasteiger partial charge on any atom is -0.497 e. The van der Waals surface area contributed by atoms with Crippen LogP contribution in [0.25, 0.3) is 10.9 Å². The first-order chi connectivity index (χ1) is 24.0. The number of guanidine groups is 1. The Kier molecular flexibility index (Phi) is 9.13. The Morgan fingerprint density at radius 3 is 2.46 bits per heavy atom. The number of carbonyl (C=O) groups is 1. The average molecular weight is 679 g/mol. The molecule has 1 saturated heterocycles. The predicted octanol–water partition coefficient (Wildman–Crippen LogP) is 6.65. The Morgan fingerprint density at radius 2 is 1.80 bits per heavy atom. The molecule has 1 N–H and O–H groups in total. The smallest absolute Gasteiger partial charge is 0.261 e. The van der Waals surface area contributed by atoms with E-state index in [4.69, 9.17) is 9.73 Å².